The first-order chi connectivity index (χ1) is 30.0. The van der Waals surface area contributed by atoms with Crippen LogP contribution >= 0.6 is 0 Å². The van der Waals surface area contributed by atoms with Crippen molar-refractivity contribution in [1.29, 1.82) is 0 Å². The van der Waals surface area contributed by atoms with Crippen molar-refractivity contribution in [3.05, 3.63) is 95.6 Å². The third-order valence-electron chi connectivity index (χ3n) is 13.3. The largest absolute Gasteiger partial charge is 0.457 e. The number of rotatable bonds is 12. The fourth-order valence-electron chi connectivity index (χ4n) is 9.57. The van der Waals surface area contributed by atoms with Crippen molar-refractivity contribution in [3.63, 3.8) is 0 Å². The van der Waals surface area contributed by atoms with Crippen LogP contribution in [0.2, 0.25) is 0 Å². The molecule has 6 N–H and O–H groups in total. The zero-order chi connectivity index (χ0) is 43.3. The number of para-hydroxylation sites is 1. The van der Waals surface area contributed by atoms with Crippen LogP contribution < -0.4 is 31.7 Å². The number of nitrogens with two attached hydrogens (primary N) is 2. The van der Waals surface area contributed by atoms with Gasteiger partial charge in [0.05, 0.1) is 5.70 Å². The number of hydrogen-bond acceptors (Lipinski definition) is 10. The molecule has 3 aromatic rings. The summed E-state index contributed by atoms with van der Waals surface area (Å²) in [6, 6.07) is 23.7. The molecule has 0 aromatic heterocycles. The maximum atomic E-state index is 13.6. The summed E-state index contributed by atoms with van der Waals surface area (Å²) >= 11 is 0. The van der Waals surface area contributed by atoms with E-state index in [0.717, 1.165) is 57.2 Å². The summed E-state index contributed by atoms with van der Waals surface area (Å²) in [7, 11) is 2.16. The normalized spacial score (nSPS) is 22.8. The number of benzene rings is 3. The van der Waals surface area contributed by atoms with Gasteiger partial charge in [0.25, 0.3) is 11.8 Å². The van der Waals surface area contributed by atoms with E-state index in [9.17, 15) is 24.0 Å². The third kappa shape index (κ3) is 9.62. The van der Waals surface area contributed by atoms with Gasteiger partial charge in [-0.3, -0.25) is 34.4 Å². The molecule has 1 atom stereocenters. The van der Waals surface area contributed by atoms with Crippen molar-refractivity contribution in [1.82, 2.24) is 25.3 Å². The number of imide groups is 1. The fourth-order valence-corrected chi connectivity index (χ4v) is 9.57. The predicted molar refractivity (Wildman–Crippen MR) is 236 cm³/mol. The lowest BCUT2D eigenvalue weighted by atomic mass is 9.77. The Morgan fingerprint density at radius 2 is 1.50 bits per heavy atom. The number of piperidine rings is 2. The zero-order valence-electron chi connectivity index (χ0n) is 35.3. The van der Waals surface area contributed by atoms with E-state index in [1.165, 1.54) is 4.90 Å². The number of anilines is 1. The summed E-state index contributed by atoms with van der Waals surface area (Å²) in [5, 5.41) is 5.84. The number of likely N-dealkylation sites (tertiary alicyclic amines) is 2. The van der Waals surface area contributed by atoms with Gasteiger partial charge in [-0.05, 0) is 124 Å². The summed E-state index contributed by atoms with van der Waals surface area (Å²) in [5.74, 6) is 1.88. The highest BCUT2D eigenvalue weighted by Crippen LogP contribution is 2.36. The Morgan fingerprint density at radius 1 is 0.806 bits per heavy atom. The molecule has 3 aromatic carbocycles. The van der Waals surface area contributed by atoms with Crippen molar-refractivity contribution in [3.8, 4) is 11.5 Å². The van der Waals surface area contributed by atoms with Gasteiger partial charge in [-0.25, -0.2) is 4.79 Å². The number of carbonyl (C=O) groups is 5. The Morgan fingerprint density at radius 3 is 2.19 bits per heavy atom. The molecule has 0 spiro atoms. The van der Waals surface area contributed by atoms with E-state index >= 15 is 0 Å². The second-order valence-electron chi connectivity index (χ2n) is 17.3. The quantitative estimate of drug-likeness (QED) is 0.192. The van der Waals surface area contributed by atoms with Gasteiger partial charge in [0.1, 0.15) is 22.9 Å². The standard InChI is InChI=1S/C47H57N9O6/c1-53(29-30-15-21-54(22-16-30)45(59)33-6-5-7-35(26-33)56-25-19-40(57)52-47(56)61)36-27-34(28-36)46(60)55-23-17-31(18-24-55)39-14-20-50-44(51-39)41(43(49)58)42(48)32-10-12-38(13-11-32)62-37-8-3-2-4-9-37/h2-13,26,30-31,34,36,39H,14-25,27-29,48H2,1H3,(H2,49,58)(H,50,51)(H,52,57,61)/b42-41-/t34?,36?,39-/m0/s1. The molecule has 4 heterocycles. The van der Waals surface area contributed by atoms with Gasteiger partial charge in [-0.15, -0.1) is 0 Å². The van der Waals surface area contributed by atoms with Crippen LogP contribution in [0.25, 0.3) is 5.70 Å². The van der Waals surface area contributed by atoms with Crippen LogP contribution in [-0.4, -0.2) is 115 Å². The molecule has 8 rings (SSSR count). The lowest BCUT2D eigenvalue weighted by Gasteiger charge is -2.45. The van der Waals surface area contributed by atoms with Gasteiger partial charge in [0.2, 0.25) is 11.8 Å². The van der Waals surface area contributed by atoms with E-state index in [0.29, 0.717) is 79.0 Å². The molecular weight excluding hydrogens is 787 g/mol. The second kappa shape index (κ2) is 18.8. The summed E-state index contributed by atoms with van der Waals surface area (Å²) in [5.41, 5.74) is 14.7. The molecule has 62 heavy (non-hydrogen) atoms. The monoisotopic (exact) mass is 843 g/mol. The van der Waals surface area contributed by atoms with Gasteiger partial charge in [-0.1, -0.05) is 24.3 Å². The van der Waals surface area contributed by atoms with Gasteiger partial charge in [0.15, 0.2) is 0 Å². The highest BCUT2D eigenvalue weighted by Gasteiger charge is 2.41. The Kier molecular flexibility index (Phi) is 12.9. The minimum Gasteiger partial charge on any atom is -0.457 e. The number of urea groups is 1. The SMILES string of the molecule is CN(CC1CCN(C(=O)c2cccc(N3CCC(=O)NC3=O)c2)CC1)C1CC(C(=O)N2CCC([C@@H]3CCN=C(/C(C(N)=O)=C(\N)c4ccc(Oc5ccccc5)cc4)N3)CC2)C1. The molecule has 5 aliphatic rings. The number of ether oxygens (including phenoxy) is 1. The summed E-state index contributed by atoms with van der Waals surface area (Å²) in [4.78, 5) is 76.3. The number of hydrogen-bond donors (Lipinski definition) is 4. The van der Waals surface area contributed by atoms with Crippen LogP contribution in [0.1, 0.15) is 67.3 Å². The molecule has 3 saturated heterocycles. The average molecular weight is 844 g/mol. The molecule has 4 aliphatic heterocycles. The summed E-state index contributed by atoms with van der Waals surface area (Å²) in [6.07, 6.45) is 6.33. The number of amidine groups is 1. The number of nitrogens with zero attached hydrogens (tertiary/aromatic N) is 5. The van der Waals surface area contributed by atoms with Crippen LogP contribution in [0.15, 0.2) is 89.4 Å². The Hall–Kier alpha value is -6.22. The van der Waals surface area contributed by atoms with E-state index in [4.69, 9.17) is 16.2 Å². The molecule has 6 amide bonds. The Balaban J connectivity index is 0.762. The highest BCUT2D eigenvalue weighted by molar-refractivity contribution is 6.25. The first-order valence-electron chi connectivity index (χ1n) is 21.9. The van der Waals surface area contributed by atoms with E-state index in [1.807, 2.05) is 40.1 Å². The summed E-state index contributed by atoms with van der Waals surface area (Å²) in [6.45, 7) is 4.53. The van der Waals surface area contributed by atoms with Crippen LogP contribution in [0.4, 0.5) is 10.5 Å². The Bertz CT molecular complexity index is 2210. The molecule has 1 aliphatic carbocycles. The van der Waals surface area contributed by atoms with Crippen molar-refractivity contribution in [2.24, 2.45) is 34.2 Å². The number of amides is 6. The van der Waals surface area contributed by atoms with Gasteiger partial charge in [-0.2, -0.15) is 0 Å². The minimum atomic E-state index is -0.645. The molecule has 0 bridgehead atoms. The van der Waals surface area contributed by atoms with Gasteiger partial charge >= 0.3 is 6.03 Å². The molecule has 4 fully saturated rings. The highest BCUT2D eigenvalue weighted by atomic mass is 16.5. The van der Waals surface area contributed by atoms with Crippen LogP contribution in [0.5, 0.6) is 11.5 Å². The molecule has 326 valence electrons. The number of aliphatic imine (C=N–C) groups is 1. The van der Waals surface area contributed by atoms with Crippen molar-refractivity contribution < 1.29 is 28.7 Å². The third-order valence-corrected chi connectivity index (χ3v) is 13.3. The second-order valence-corrected chi connectivity index (χ2v) is 17.3. The van der Waals surface area contributed by atoms with Crippen LogP contribution in [0, 0.1) is 17.8 Å². The van der Waals surface area contributed by atoms with E-state index < -0.39 is 11.9 Å². The average Bonchev–Trinajstić information content (AvgIpc) is 3.26. The summed E-state index contributed by atoms with van der Waals surface area (Å²) < 4.78 is 5.91. The smallest absolute Gasteiger partial charge is 0.328 e. The Labute approximate surface area is 362 Å². The van der Waals surface area contributed by atoms with Gasteiger partial charge in [0, 0.05) is 81.5 Å². The maximum absolute atomic E-state index is 13.6. The van der Waals surface area contributed by atoms with Gasteiger partial charge < -0.3 is 36.2 Å². The molecule has 15 nitrogen and oxygen atoms in total. The topological polar surface area (TPSA) is 196 Å². The fraction of sp³-hybridized carbons (Fsp3) is 0.447. The molecule has 0 radical (unpaired) electrons. The first kappa shape index (κ1) is 42.5. The van der Waals surface area contributed by atoms with E-state index in [2.05, 4.69) is 27.6 Å². The maximum Gasteiger partial charge on any atom is 0.328 e. The van der Waals surface area contributed by atoms with Crippen molar-refractivity contribution in [2.45, 2.75) is 63.5 Å². The predicted octanol–water partition coefficient (Wildman–Crippen LogP) is 4.34. The van der Waals surface area contributed by atoms with E-state index in [1.54, 1.807) is 48.5 Å². The van der Waals surface area contributed by atoms with Crippen LogP contribution in [0.3, 0.4) is 0 Å². The minimum absolute atomic E-state index is 0.0440. The first-order valence-corrected chi connectivity index (χ1v) is 21.9. The number of primary amides is 1. The lowest BCUT2D eigenvalue weighted by Crippen LogP contribution is -2.53. The van der Waals surface area contributed by atoms with Crippen LogP contribution in [-0.2, 0) is 14.4 Å². The van der Waals surface area contributed by atoms with Crippen molar-refractivity contribution >= 4 is 46.9 Å². The lowest BCUT2D eigenvalue weighted by molar-refractivity contribution is -0.142. The molecule has 1 saturated carbocycles. The van der Waals surface area contributed by atoms with Crippen molar-refractivity contribution in [2.75, 3.05) is 57.8 Å². The number of nitrogens with one attached hydrogen (secondary N) is 2. The molecular formula is C47H57N9O6. The number of carbonyl (C=O) groups excluding carboxylic acids is 5. The van der Waals surface area contributed by atoms with E-state index in [-0.39, 0.29) is 53.9 Å². The zero-order valence-corrected chi connectivity index (χ0v) is 35.3. The molecule has 15 heteroatoms. The molecule has 0 unspecified atom stereocenters.